The van der Waals surface area contributed by atoms with Crippen molar-refractivity contribution in [1.29, 1.82) is 0 Å². The van der Waals surface area contributed by atoms with Crippen molar-refractivity contribution in [1.82, 2.24) is 15.6 Å². The minimum Gasteiger partial charge on any atom is -0.477 e. The molecule has 6 nitrogen and oxygen atoms in total. The standard InChI is InChI=1S/C18H30N4O2/c1-3-23-11-5-4-9-21-18(19-2)22-13-16-8-10-20-17(12-16)24-14-15-6-7-15/h8,10,12,15H,3-7,9,11,13-14H2,1-2H3,(H2,19,21,22). The zero-order valence-electron chi connectivity index (χ0n) is 14.9. The van der Waals surface area contributed by atoms with E-state index in [9.17, 15) is 0 Å². The summed E-state index contributed by atoms with van der Waals surface area (Å²) in [5.74, 6) is 2.25. The van der Waals surface area contributed by atoms with Gasteiger partial charge in [0.2, 0.25) is 5.88 Å². The molecule has 24 heavy (non-hydrogen) atoms. The molecule has 0 atom stereocenters. The fraction of sp³-hybridized carbons (Fsp3) is 0.667. The van der Waals surface area contributed by atoms with Crippen molar-refractivity contribution in [2.45, 2.75) is 39.2 Å². The number of hydrogen-bond donors (Lipinski definition) is 2. The molecule has 1 saturated carbocycles. The van der Waals surface area contributed by atoms with Crippen molar-refractivity contribution in [2.75, 3.05) is 33.4 Å². The molecule has 1 aromatic heterocycles. The Labute approximate surface area is 145 Å². The molecule has 2 rings (SSSR count). The molecule has 134 valence electrons. The van der Waals surface area contributed by atoms with Crippen LogP contribution < -0.4 is 15.4 Å². The SMILES string of the molecule is CCOCCCCNC(=NC)NCc1ccnc(OCC2CC2)c1. The molecule has 1 aromatic rings. The van der Waals surface area contributed by atoms with E-state index in [1.165, 1.54) is 12.8 Å². The Bertz CT molecular complexity index is 504. The number of ether oxygens (including phenoxy) is 2. The van der Waals surface area contributed by atoms with Gasteiger partial charge in [0.25, 0.3) is 0 Å². The summed E-state index contributed by atoms with van der Waals surface area (Å²) in [6.45, 7) is 6.00. The van der Waals surface area contributed by atoms with Gasteiger partial charge in [0.15, 0.2) is 5.96 Å². The van der Waals surface area contributed by atoms with Crippen molar-refractivity contribution in [2.24, 2.45) is 10.9 Å². The van der Waals surface area contributed by atoms with Gasteiger partial charge in [-0.15, -0.1) is 0 Å². The smallest absolute Gasteiger partial charge is 0.213 e. The summed E-state index contributed by atoms with van der Waals surface area (Å²) in [5.41, 5.74) is 1.13. The molecule has 0 unspecified atom stereocenters. The molecule has 0 amide bonds. The van der Waals surface area contributed by atoms with Crippen LogP contribution >= 0.6 is 0 Å². The molecule has 0 aliphatic heterocycles. The molecule has 1 aliphatic rings. The number of unbranched alkanes of at least 4 members (excludes halogenated alkanes) is 1. The summed E-state index contributed by atoms with van der Waals surface area (Å²) in [5, 5.41) is 6.63. The van der Waals surface area contributed by atoms with Gasteiger partial charge in [0.1, 0.15) is 0 Å². The number of nitrogens with zero attached hydrogens (tertiary/aromatic N) is 2. The van der Waals surface area contributed by atoms with Crippen LogP contribution in [0.1, 0.15) is 38.2 Å². The van der Waals surface area contributed by atoms with Gasteiger partial charge in [-0.05, 0) is 50.2 Å². The van der Waals surface area contributed by atoms with Crippen LogP contribution in [0.3, 0.4) is 0 Å². The number of guanidine groups is 1. The predicted molar refractivity (Wildman–Crippen MR) is 96.4 cm³/mol. The highest BCUT2D eigenvalue weighted by Crippen LogP contribution is 2.29. The van der Waals surface area contributed by atoms with E-state index in [1.54, 1.807) is 13.2 Å². The molecule has 2 N–H and O–H groups in total. The van der Waals surface area contributed by atoms with Gasteiger partial charge in [-0.1, -0.05) is 0 Å². The molecule has 0 radical (unpaired) electrons. The van der Waals surface area contributed by atoms with E-state index in [4.69, 9.17) is 9.47 Å². The van der Waals surface area contributed by atoms with Crippen molar-refractivity contribution in [3.05, 3.63) is 23.9 Å². The number of nitrogens with one attached hydrogen (secondary N) is 2. The van der Waals surface area contributed by atoms with Gasteiger partial charge in [-0.2, -0.15) is 0 Å². The predicted octanol–water partition coefficient (Wildman–Crippen LogP) is 2.35. The molecule has 1 fully saturated rings. The lowest BCUT2D eigenvalue weighted by molar-refractivity contribution is 0.143. The highest BCUT2D eigenvalue weighted by atomic mass is 16.5. The molecule has 1 heterocycles. The van der Waals surface area contributed by atoms with E-state index in [2.05, 4.69) is 20.6 Å². The van der Waals surface area contributed by atoms with Crippen LogP contribution in [0.25, 0.3) is 0 Å². The monoisotopic (exact) mass is 334 g/mol. The van der Waals surface area contributed by atoms with Gasteiger partial charge in [0, 0.05) is 45.6 Å². The average Bonchev–Trinajstić information content (AvgIpc) is 3.43. The van der Waals surface area contributed by atoms with E-state index < -0.39 is 0 Å². The van der Waals surface area contributed by atoms with Crippen molar-refractivity contribution in [3.63, 3.8) is 0 Å². The Morgan fingerprint density at radius 1 is 1.33 bits per heavy atom. The van der Waals surface area contributed by atoms with Crippen LogP contribution in [0.2, 0.25) is 0 Å². The van der Waals surface area contributed by atoms with Gasteiger partial charge in [-0.25, -0.2) is 4.98 Å². The second kappa shape index (κ2) is 10.9. The van der Waals surface area contributed by atoms with Gasteiger partial charge in [-0.3, -0.25) is 4.99 Å². The number of pyridine rings is 1. The number of aromatic nitrogens is 1. The largest absolute Gasteiger partial charge is 0.477 e. The van der Waals surface area contributed by atoms with Crippen molar-refractivity contribution < 1.29 is 9.47 Å². The average molecular weight is 334 g/mol. The topological polar surface area (TPSA) is 67.8 Å². The highest BCUT2D eigenvalue weighted by Gasteiger charge is 2.22. The van der Waals surface area contributed by atoms with Crippen molar-refractivity contribution in [3.8, 4) is 5.88 Å². The summed E-state index contributed by atoms with van der Waals surface area (Å²) < 4.78 is 11.0. The second-order valence-corrected chi connectivity index (χ2v) is 6.01. The Balaban J connectivity index is 1.65. The Morgan fingerprint density at radius 3 is 2.96 bits per heavy atom. The second-order valence-electron chi connectivity index (χ2n) is 6.01. The quantitative estimate of drug-likeness (QED) is 0.369. The number of aliphatic imine (C=N–C) groups is 1. The summed E-state index contributed by atoms with van der Waals surface area (Å²) in [6, 6.07) is 3.98. The molecule has 6 heteroatoms. The maximum atomic E-state index is 5.72. The Kier molecular flexibility index (Phi) is 8.38. The van der Waals surface area contributed by atoms with Crippen LogP contribution in [0.15, 0.2) is 23.3 Å². The molecule has 0 saturated heterocycles. The Morgan fingerprint density at radius 2 is 2.21 bits per heavy atom. The molecule has 0 bridgehead atoms. The zero-order chi connectivity index (χ0) is 17.0. The van der Waals surface area contributed by atoms with Crippen molar-refractivity contribution >= 4 is 5.96 Å². The van der Waals surface area contributed by atoms with Gasteiger partial charge in [0.05, 0.1) is 6.61 Å². The van der Waals surface area contributed by atoms with Crippen LogP contribution in [0.5, 0.6) is 5.88 Å². The summed E-state index contributed by atoms with van der Waals surface area (Å²) >= 11 is 0. The summed E-state index contributed by atoms with van der Waals surface area (Å²) in [7, 11) is 1.78. The number of rotatable bonds is 11. The van der Waals surface area contributed by atoms with E-state index >= 15 is 0 Å². The molecular weight excluding hydrogens is 304 g/mol. The van der Waals surface area contributed by atoms with Crippen LogP contribution in [0, 0.1) is 5.92 Å². The fourth-order valence-electron chi connectivity index (χ4n) is 2.21. The first-order valence-electron chi connectivity index (χ1n) is 8.91. The number of hydrogen-bond acceptors (Lipinski definition) is 4. The first kappa shape index (κ1) is 18.5. The van der Waals surface area contributed by atoms with Crippen LogP contribution in [-0.2, 0) is 11.3 Å². The fourth-order valence-corrected chi connectivity index (χ4v) is 2.21. The highest BCUT2D eigenvalue weighted by molar-refractivity contribution is 5.79. The van der Waals surface area contributed by atoms with E-state index in [-0.39, 0.29) is 0 Å². The summed E-state index contributed by atoms with van der Waals surface area (Å²) in [6.07, 6.45) is 6.49. The first-order valence-corrected chi connectivity index (χ1v) is 8.91. The Hall–Kier alpha value is -1.82. The van der Waals surface area contributed by atoms with Crippen LogP contribution in [-0.4, -0.2) is 44.4 Å². The molecule has 0 spiro atoms. The van der Waals surface area contributed by atoms with E-state index in [1.807, 2.05) is 19.1 Å². The lowest BCUT2D eigenvalue weighted by Crippen LogP contribution is -2.37. The summed E-state index contributed by atoms with van der Waals surface area (Å²) in [4.78, 5) is 8.51. The van der Waals surface area contributed by atoms with E-state index in [0.717, 1.165) is 56.6 Å². The third-order valence-electron chi connectivity index (χ3n) is 3.86. The maximum absolute atomic E-state index is 5.72. The molecule has 1 aliphatic carbocycles. The molecule has 0 aromatic carbocycles. The minimum atomic E-state index is 0.695. The lowest BCUT2D eigenvalue weighted by atomic mass is 10.2. The minimum absolute atomic E-state index is 0.695. The normalized spacial score (nSPS) is 14.5. The van der Waals surface area contributed by atoms with Crippen LogP contribution in [0.4, 0.5) is 0 Å². The zero-order valence-corrected chi connectivity index (χ0v) is 14.9. The third-order valence-corrected chi connectivity index (χ3v) is 3.86. The third kappa shape index (κ3) is 7.64. The van der Waals surface area contributed by atoms with Gasteiger partial charge >= 0.3 is 0 Å². The lowest BCUT2D eigenvalue weighted by Gasteiger charge is -2.12. The first-order chi connectivity index (χ1) is 11.8. The van der Waals surface area contributed by atoms with E-state index in [0.29, 0.717) is 12.4 Å². The maximum Gasteiger partial charge on any atom is 0.213 e. The van der Waals surface area contributed by atoms with Gasteiger partial charge < -0.3 is 20.1 Å². The molecular formula is C18H30N4O2.